The Bertz CT molecular complexity index is 2700. The Kier molecular flexibility index (Phi) is 4.92. The van der Waals surface area contributed by atoms with Gasteiger partial charge in [0.25, 0.3) is 0 Å². The average molecular weight is 620 g/mol. The Morgan fingerprint density at radius 1 is 0.413 bits per heavy atom. The van der Waals surface area contributed by atoms with E-state index in [4.69, 9.17) is 0 Å². The van der Waals surface area contributed by atoms with Crippen LogP contribution in [0.4, 0.5) is 0 Å². The molecule has 1 aliphatic heterocycles. The van der Waals surface area contributed by atoms with Crippen molar-refractivity contribution >= 4 is 65.1 Å². The summed E-state index contributed by atoms with van der Waals surface area (Å²) in [4.78, 5) is 2.67. The largest absolute Gasteiger partial charge is 0.309 e. The van der Waals surface area contributed by atoms with Gasteiger partial charge in [-0.3, -0.25) is 0 Å². The highest BCUT2D eigenvalue weighted by Crippen LogP contribution is 2.62. The quantitative estimate of drug-likeness (QED) is 0.177. The molecule has 2 aliphatic rings. The molecule has 0 fully saturated rings. The molecule has 0 radical (unpaired) electrons. The van der Waals surface area contributed by atoms with Gasteiger partial charge in [-0.1, -0.05) is 115 Å². The van der Waals surface area contributed by atoms with Crippen molar-refractivity contribution < 1.29 is 0 Å². The van der Waals surface area contributed by atoms with Gasteiger partial charge < -0.3 is 4.57 Å². The fourth-order valence-electron chi connectivity index (χ4n) is 8.45. The van der Waals surface area contributed by atoms with E-state index < -0.39 is 5.41 Å². The summed E-state index contributed by atoms with van der Waals surface area (Å²) < 4.78 is 5.17. The van der Waals surface area contributed by atoms with E-state index in [2.05, 4.69) is 156 Å². The molecule has 0 saturated carbocycles. The maximum absolute atomic E-state index is 2.53. The molecule has 1 aliphatic carbocycles. The molecular formula is C43H25NS2. The van der Waals surface area contributed by atoms with Crippen molar-refractivity contribution in [2.45, 2.75) is 15.2 Å². The molecule has 2 aromatic heterocycles. The Hall–Kier alpha value is -5.09. The molecule has 7 aromatic carbocycles. The van der Waals surface area contributed by atoms with Gasteiger partial charge in [0, 0.05) is 46.4 Å². The van der Waals surface area contributed by atoms with E-state index in [0.717, 1.165) is 0 Å². The summed E-state index contributed by atoms with van der Waals surface area (Å²) in [5, 5.41) is 5.23. The van der Waals surface area contributed by atoms with Crippen molar-refractivity contribution in [2.75, 3.05) is 0 Å². The van der Waals surface area contributed by atoms with E-state index in [9.17, 15) is 0 Å². The highest BCUT2D eigenvalue weighted by molar-refractivity contribution is 7.99. The minimum atomic E-state index is -0.395. The van der Waals surface area contributed by atoms with Gasteiger partial charge in [0.05, 0.1) is 16.4 Å². The van der Waals surface area contributed by atoms with E-state index in [1.165, 1.54) is 90.8 Å². The lowest BCUT2D eigenvalue weighted by Gasteiger charge is -2.39. The number of aromatic nitrogens is 1. The van der Waals surface area contributed by atoms with Crippen molar-refractivity contribution in [1.82, 2.24) is 4.57 Å². The van der Waals surface area contributed by atoms with Gasteiger partial charge in [-0.15, -0.1) is 11.3 Å². The van der Waals surface area contributed by atoms with Crippen molar-refractivity contribution in [3.63, 3.8) is 0 Å². The molecule has 1 nitrogen and oxygen atoms in total. The standard InChI is InChI=1S/C43H25NS2/c1-5-15-33-27(11-1)28-12-2-6-16-34(28)43(33)35-17-7-10-20-41(35)46-42-24-31-29-13-3-8-18-37(29)44(38(31)25-36(42)43)26-21-22-40-32(23-26)30-14-4-9-19-39(30)45-40/h1-25H. The lowest BCUT2D eigenvalue weighted by Crippen LogP contribution is -2.32. The smallest absolute Gasteiger partial charge is 0.0736 e. The molecule has 3 heterocycles. The fourth-order valence-corrected chi connectivity index (χ4v) is 10.7. The van der Waals surface area contributed by atoms with E-state index in [-0.39, 0.29) is 0 Å². The van der Waals surface area contributed by atoms with Crippen LogP contribution in [0.5, 0.6) is 0 Å². The van der Waals surface area contributed by atoms with Crippen molar-refractivity contribution in [3.05, 3.63) is 174 Å². The molecule has 9 aromatic rings. The molecule has 214 valence electrons. The summed E-state index contributed by atoms with van der Waals surface area (Å²) in [7, 11) is 0. The van der Waals surface area contributed by atoms with Crippen LogP contribution in [-0.2, 0) is 5.41 Å². The van der Waals surface area contributed by atoms with Gasteiger partial charge >= 0.3 is 0 Å². The highest BCUT2D eigenvalue weighted by Gasteiger charge is 2.50. The predicted octanol–water partition coefficient (Wildman–Crippen LogP) is 12.0. The normalized spacial score (nSPS) is 14.2. The number of hydrogen-bond donors (Lipinski definition) is 0. The number of hydrogen-bond acceptors (Lipinski definition) is 2. The van der Waals surface area contributed by atoms with E-state index in [0.29, 0.717) is 0 Å². The number of fused-ring (bicyclic) bond motifs is 15. The molecule has 0 saturated heterocycles. The minimum Gasteiger partial charge on any atom is -0.309 e. The van der Waals surface area contributed by atoms with Crippen LogP contribution in [0.15, 0.2) is 161 Å². The number of para-hydroxylation sites is 1. The third-order valence-corrected chi connectivity index (χ3v) is 12.5. The first kappa shape index (κ1) is 25.1. The number of thiophene rings is 1. The first-order valence-corrected chi connectivity index (χ1v) is 17.4. The summed E-state index contributed by atoms with van der Waals surface area (Å²) in [5.41, 5.74) is 11.5. The molecule has 46 heavy (non-hydrogen) atoms. The van der Waals surface area contributed by atoms with Crippen LogP contribution in [0.2, 0.25) is 0 Å². The van der Waals surface area contributed by atoms with E-state index in [1.807, 2.05) is 23.1 Å². The van der Waals surface area contributed by atoms with Gasteiger partial charge in [0.2, 0.25) is 0 Å². The fraction of sp³-hybridized carbons (Fsp3) is 0.0233. The van der Waals surface area contributed by atoms with Gasteiger partial charge in [-0.2, -0.15) is 0 Å². The van der Waals surface area contributed by atoms with Crippen molar-refractivity contribution in [1.29, 1.82) is 0 Å². The molecule has 0 amide bonds. The van der Waals surface area contributed by atoms with Crippen LogP contribution >= 0.6 is 23.1 Å². The molecule has 0 N–H and O–H groups in total. The Balaban J connectivity index is 1.29. The number of rotatable bonds is 1. The van der Waals surface area contributed by atoms with Crippen molar-refractivity contribution in [3.8, 4) is 16.8 Å². The zero-order chi connectivity index (χ0) is 30.0. The minimum absolute atomic E-state index is 0.395. The van der Waals surface area contributed by atoms with Crippen LogP contribution < -0.4 is 0 Å². The SMILES string of the molecule is c1ccc2c(c1)Sc1cc3c4ccccc4n(-c4ccc5sc6ccccc6c5c4)c3cc1C21c2ccccc2-c2ccccc21. The third kappa shape index (κ3) is 3.07. The summed E-state index contributed by atoms with van der Waals surface area (Å²) in [6.07, 6.45) is 0. The van der Waals surface area contributed by atoms with Gasteiger partial charge in [0.15, 0.2) is 0 Å². The summed E-state index contributed by atoms with van der Waals surface area (Å²) in [5.74, 6) is 0. The van der Waals surface area contributed by atoms with Crippen LogP contribution in [0.25, 0.3) is 58.8 Å². The maximum Gasteiger partial charge on any atom is 0.0736 e. The van der Waals surface area contributed by atoms with Crippen LogP contribution in [0.3, 0.4) is 0 Å². The molecule has 0 atom stereocenters. The topological polar surface area (TPSA) is 4.93 Å². The molecule has 1 spiro atoms. The first-order chi connectivity index (χ1) is 22.8. The summed E-state index contributed by atoms with van der Waals surface area (Å²) in [6, 6.07) is 56.9. The zero-order valence-electron chi connectivity index (χ0n) is 24.7. The van der Waals surface area contributed by atoms with E-state index >= 15 is 0 Å². The molecule has 0 bridgehead atoms. The number of nitrogens with zero attached hydrogens (tertiary/aromatic N) is 1. The van der Waals surface area contributed by atoms with E-state index in [1.54, 1.807) is 0 Å². The summed E-state index contributed by atoms with van der Waals surface area (Å²) >= 11 is 3.79. The Morgan fingerprint density at radius 3 is 1.89 bits per heavy atom. The third-order valence-electron chi connectivity index (χ3n) is 10.3. The van der Waals surface area contributed by atoms with Crippen LogP contribution in [-0.4, -0.2) is 4.57 Å². The zero-order valence-corrected chi connectivity index (χ0v) is 26.3. The molecular weight excluding hydrogens is 595 g/mol. The van der Waals surface area contributed by atoms with Gasteiger partial charge in [-0.25, -0.2) is 0 Å². The Labute approximate surface area is 274 Å². The average Bonchev–Trinajstić information content (AvgIpc) is 3.74. The second kappa shape index (κ2) is 9.01. The molecule has 3 heteroatoms. The van der Waals surface area contributed by atoms with Crippen molar-refractivity contribution in [2.24, 2.45) is 0 Å². The maximum atomic E-state index is 2.53. The molecule has 0 unspecified atom stereocenters. The highest BCUT2D eigenvalue weighted by atomic mass is 32.2. The summed E-state index contributed by atoms with van der Waals surface area (Å²) in [6.45, 7) is 0. The lowest BCUT2D eigenvalue weighted by atomic mass is 9.67. The lowest BCUT2D eigenvalue weighted by molar-refractivity contribution is 0.724. The van der Waals surface area contributed by atoms with Crippen LogP contribution in [0.1, 0.15) is 22.3 Å². The van der Waals surface area contributed by atoms with Gasteiger partial charge in [-0.05, 0) is 81.9 Å². The first-order valence-electron chi connectivity index (χ1n) is 15.8. The number of benzene rings is 7. The second-order valence-electron chi connectivity index (χ2n) is 12.4. The monoisotopic (exact) mass is 619 g/mol. The van der Waals surface area contributed by atoms with Gasteiger partial charge in [0.1, 0.15) is 0 Å². The Morgan fingerprint density at radius 2 is 1.07 bits per heavy atom. The second-order valence-corrected chi connectivity index (χ2v) is 14.6. The van der Waals surface area contributed by atoms with Crippen LogP contribution in [0, 0.1) is 0 Å². The predicted molar refractivity (Wildman–Crippen MR) is 195 cm³/mol. The molecule has 11 rings (SSSR count).